The molecule has 0 bridgehead atoms. The predicted molar refractivity (Wildman–Crippen MR) is 123 cm³/mol. The van der Waals surface area contributed by atoms with Gasteiger partial charge in [0.1, 0.15) is 17.6 Å². The van der Waals surface area contributed by atoms with Crippen molar-refractivity contribution in [3.63, 3.8) is 0 Å². The lowest BCUT2D eigenvalue weighted by atomic mass is 10.1. The number of benzene rings is 2. The Morgan fingerprint density at radius 3 is 2.48 bits per heavy atom. The van der Waals surface area contributed by atoms with Gasteiger partial charge in [0.25, 0.3) is 0 Å². The fraction of sp³-hybridized carbons (Fsp3) is 0.208. The van der Waals surface area contributed by atoms with Crippen molar-refractivity contribution in [2.75, 3.05) is 5.32 Å². The van der Waals surface area contributed by atoms with Crippen molar-refractivity contribution in [2.24, 2.45) is 0 Å². The third-order valence-corrected chi connectivity index (χ3v) is 6.82. The van der Waals surface area contributed by atoms with Gasteiger partial charge in [0.05, 0.1) is 5.75 Å². The molecule has 33 heavy (non-hydrogen) atoms. The Hall–Kier alpha value is -3.59. The standard InChI is InChI=1S/C24H23FN4O3S/c1-3-21(23(30)26-19-8-5-4-7-16(19)2)29-14-6-9-20-22(29)28-24(27-20)33(31,32)15-17-10-12-18(25)13-11-17/h4-14,21H,3,15H2,1-2H3,(H,26,30). The first-order valence-corrected chi connectivity index (χ1v) is 12.1. The first-order chi connectivity index (χ1) is 15.8. The van der Waals surface area contributed by atoms with Gasteiger partial charge in [-0.05, 0) is 54.8 Å². The van der Waals surface area contributed by atoms with Gasteiger partial charge >= 0.3 is 0 Å². The minimum Gasteiger partial charge on any atom is -0.324 e. The van der Waals surface area contributed by atoms with Crippen LogP contribution >= 0.6 is 0 Å². The molecule has 4 rings (SSSR count). The number of imidazole rings is 1. The summed E-state index contributed by atoms with van der Waals surface area (Å²) in [4.78, 5) is 21.6. The number of anilines is 1. The highest BCUT2D eigenvalue weighted by Gasteiger charge is 2.28. The highest BCUT2D eigenvalue weighted by Crippen LogP contribution is 2.28. The van der Waals surface area contributed by atoms with E-state index in [0.717, 1.165) is 5.56 Å². The molecule has 1 atom stereocenters. The van der Waals surface area contributed by atoms with E-state index in [2.05, 4.69) is 15.3 Å². The summed E-state index contributed by atoms with van der Waals surface area (Å²) in [6.07, 6.45) is 2.16. The predicted octanol–water partition coefficient (Wildman–Crippen LogP) is 4.39. The molecule has 0 radical (unpaired) electrons. The Morgan fingerprint density at radius 1 is 1.06 bits per heavy atom. The van der Waals surface area contributed by atoms with E-state index in [-0.39, 0.29) is 16.8 Å². The van der Waals surface area contributed by atoms with Gasteiger partial charge in [0.2, 0.25) is 20.9 Å². The molecule has 0 fully saturated rings. The summed E-state index contributed by atoms with van der Waals surface area (Å²) in [6.45, 7) is 3.78. The largest absolute Gasteiger partial charge is 0.324 e. The van der Waals surface area contributed by atoms with E-state index in [1.807, 2.05) is 38.1 Å². The van der Waals surface area contributed by atoms with Crippen LogP contribution in [0, 0.1) is 12.7 Å². The zero-order valence-electron chi connectivity index (χ0n) is 18.2. The topological polar surface area (TPSA) is 94.0 Å². The monoisotopic (exact) mass is 466 g/mol. The number of para-hydroxylation sites is 1. The fourth-order valence-corrected chi connectivity index (χ4v) is 4.84. The molecule has 0 aromatic heterocycles. The minimum absolute atomic E-state index is 0.233. The number of nitrogens with one attached hydrogen (secondary N) is 1. The zero-order chi connectivity index (χ0) is 23.6. The highest BCUT2D eigenvalue weighted by atomic mass is 32.2. The van der Waals surface area contributed by atoms with Gasteiger partial charge in [0.15, 0.2) is 5.82 Å². The maximum absolute atomic E-state index is 13.2. The van der Waals surface area contributed by atoms with Gasteiger partial charge in [-0.15, -0.1) is 0 Å². The number of amides is 1. The molecular formula is C24H23FN4O3S. The quantitative estimate of drug-likeness (QED) is 0.436. The number of hydrogen-bond acceptors (Lipinski definition) is 5. The van der Waals surface area contributed by atoms with Crippen molar-refractivity contribution in [3.05, 3.63) is 83.8 Å². The van der Waals surface area contributed by atoms with Crippen LogP contribution in [0.15, 0.2) is 72.0 Å². The van der Waals surface area contributed by atoms with Gasteiger partial charge < -0.3 is 9.88 Å². The molecule has 2 aliphatic heterocycles. The molecule has 1 N–H and O–H groups in total. The third kappa shape index (κ3) is 4.78. The average molecular weight is 467 g/mol. The van der Waals surface area contributed by atoms with Crippen LogP contribution in [0.2, 0.25) is 0 Å². The summed E-state index contributed by atoms with van der Waals surface area (Å²) >= 11 is 0. The molecule has 2 aromatic carbocycles. The number of fused-ring (bicyclic) bond motifs is 1. The lowest BCUT2D eigenvalue weighted by Crippen LogP contribution is -2.27. The van der Waals surface area contributed by atoms with Gasteiger partial charge in [-0.2, -0.15) is 4.98 Å². The molecule has 2 aliphatic rings. The Balaban J connectivity index is 1.66. The summed E-state index contributed by atoms with van der Waals surface area (Å²) in [6, 6.07) is 15.5. The van der Waals surface area contributed by atoms with Gasteiger partial charge in [0, 0.05) is 11.9 Å². The van der Waals surface area contributed by atoms with Crippen LogP contribution in [-0.2, 0) is 20.4 Å². The summed E-state index contributed by atoms with van der Waals surface area (Å²) in [7, 11) is -3.87. The van der Waals surface area contributed by atoms with Gasteiger partial charge in [-0.3, -0.25) is 4.79 Å². The number of aryl methyl sites for hydroxylation is 1. The summed E-state index contributed by atoms with van der Waals surface area (Å²) in [5.41, 5.74) is 2.45. The zero-order valence-corrected chi connectivity index (χ0v) is 19.0. The van der Waals surface area contributed by atoms with Crippen LogP contribution < -0.4 is 5.32 Å². The average Bonchev–Trinajstić information content (AvgIpc) is 3.24. The fourth-order valence-electron chi connectivity index (χ4n) is 3.62. The van der Waals surface area contributed by atoms with Crippen molar-refractivity contribution in [2.45, 2.75) is 37.2 Å². The number of carbonyl (C=O) groups is 1. The second kappa shape index (κ2) is 9.11. The van der Waals surface area contributed by atoms with Crippen LogP contribution in [0.5, 0.6) is 0 Å². The van der Waals surface area contributed by atoms with Crippen LogP contribution in [0.4, 0.5) is 10.1 Å². The smallest absolute Gasteiger partial charge is 0.250 e. The van der Waals surface area contributed by atoms with Crippen molar-refractivity contribution in [1.29, 1.82) is 0 Å². The van der Waals surface area contributed by atoms with Crippen LogP contribution in [0.3, 0.4) is 0 Å². The van der Waals surface area contributed by atoms with Crippen molar-refractivity contribution < 1.29 is 17.6 Å². The SMILES string of the molecule is CCC(C(=O)Nc1ccccc1C)n1cccc2nc(S(=O)(=O)Cc3ccc(F)cc3)nc1-2. The first-order valence-electron chi connectivity index (χ1n) is 10.5. The molecule has 7 nitrogen and oxygen atoms in total. The lowest BCUT2D eigenvalue weighted by molar-refractivity contribution is -0.119. The number of hydrogen-bond donors (Lipinski definition) is 1. The van der Waals surface area contributed by atoms with E-state index >= 15 is 0 Å². The number of rotatable bonds is 7. The van der Waals surface area contributed by atoms with E-state index in [1.165, 1.54) is 24.3 Å². The van der Waals surface area contributed by atoms with E-state index in [9.17, 15) is 17.6 Å². The molecule has 2 aromatic rings. The highest BCUT2D eigenvalue weighted by molar-refractivity contribution is 7.90. The lowest BCUT2D eigenvalue weighted by Gasteiger charge is -2.21. The molecule has 2 heterocycles. The maximum atomic E-state index is 13.2. The second-order valence-electron chi connectivity index (χ2n) is 7.74. The van der Waals surface area contributed by atoms with Crippen molar-refractivity contribution >= 4 is 21.4 Å². The van der Waals surface area contributed by atoms with Crippen molar-refractivity contribution in [3.8, 4) is 11.5 Å². The number of sulfone groups is 1. The number of nitrogens with zero attached hydrogens (tertiary/aromatic N) is 3. The van der Waals surface area contributed by atoms with E-state index in [4.69, 9.17) is 0 Å². The maximum Gasteiger partial charge on any atom is 0.250 e. The van der Waals surface area contributed by atoms with Crippen LogP contribution in [-0.4, -0.2) is 28.9 Å². The van der Waals surface area contributed by atoms with Crippen LogP contribution in [0.25, 0.3) is 11.5 Å². The van der Waals surface area contributed by atoms with Crippen molar-refractivity contribution in [1.82, 2.24) is 14.5 Å². The molecule has 170 valence electrons. The number of aromatic nitrogens is 3. The molecule has 9 heteroatoms. The number of pyridine rings is 1. The van der Waals surface area contributed by atoms with Crippen LogP contribution in [0.1, 0.15) is 30.5 Å². The molecule has 1 unspecified atom stereocenters. The second-order valence-corrected chi connectivity index (χ2v) is 9.63. The Bertz CT molecular complexity index is 1370. The molecular weight excluding hydrogens is 443 g/mol. The minimum atomic E-state index is -3.87. The first kappa shape index (κ1) is 22.6. The third-order valence-electron chi connectivity index (χ3n) is 5.37. The summed E-state index contributed by atoms with van der Waals surface area (Å²) in [5.74, 6) is -0.721. The van der Waals surface area contributed by atoms with E-state index < -0.39 is 21.7 Å². The van der Waals surface area contributed by atoms with Gasteiger partial charge in [-0.25, -0.2) is 17.8 Å². The molecule has 0 spiro atoms. The Labute approximate surface area is 191 Å². The normalized spacial score (nSPS) is 12.6. The molecule has 0 aliphatic carbocycles. The number of halogens is 1. The summed E-state index contributed by atoms with van der Waals surface area (Å²) in [5, 5.41) is 2.62. The molecule has 0 saturated carbocycles. The van der Waals surface area contributed by atoms with E-state index in [1.54, 1.807) is 22.9 Å². The molecule has 0 saturated heterocycles. The number of carbonyl (C=O) groups excluding carboxylic acids is 1. The summed E-state index contributed by atoms with van der Waals surface area (Å²) < 4.78 is 40.6. The molecule has 1 amide bonds. The van der Waals surface area contributed by atoms with E-state index in [0.29, 0.717) is 29.2 Å². The Kier molecular flexibility index (Phi) is 6.24. The Morgan fingerprint density at radius 2 is 1.79 bits per heavy atom. The van der Waals surface area contributed by atoms with Gasteiger partial charge in [-0.1, -0.05) is 37.3 Å².